The Morgan fingerprint density at radius 3 is 1.70 bits per heavy atom. The third-order valence-electron chi connectivity index (χ3n) is 4.50. The maximum atomic E-state index is 13.8. The Bertz CT molecular complexity index is 1180. The molecule has 0 aliphatic carbocycles. The molecule has 0 fully saturated rings. The zero-order valence-electron chi connectivity index (χ0n) is 17.0. The number of benzene rings is 3. The Morgan fingerprint density at radius 1 is 0.788 bits per heavy atom. The Hall–Kier alpha value is -2.63. The lowest BCUT2D eigenvalue weighted by Crippen LogP contribution is -2.53. The highest BCUT2D eigenvalue weighted by molar-refractivity contribution is 7.97. The molecule has 0 amide bonds. The molecule has 0 spiro atoms. The van der Waals surface area contributed by atoms with Crippen LogP contribution in [0.3, 0.4) is 0 Å². The fraction of sp³-hybridized carbons (Fsp3) is 0.182. The van der Waals surface area contributed by atoms with Gasteiger partial charge in [-0.2, -0.15) is 30.4 Å². The van der Waals surface area contributed by atoms with Crippen LogP contribution >= 0.6 is 0 Å². The van der Waals surface area contributed by atoms with Crippen molar-refractivity contribution in [2.24, 2.45) is 0 Å². The van der Waals surface area contributed by atoms with E-state index in [1.165, 1.54) is 12.1 Å². The van der Waals surface area contributed by atoms with E-state index in [1.54, 1.807) is 0 Å². The monoisotopic (exact) mass is 505 g/mol. The van der Waals surface area contributed by atoms with E-state index in [4.69, 9.17) is 4.55 Å². The van der Waals surface area contributed by atoms with Crippen LogP contribution in [0.25, 0.3) is 0 Å². The van der Waals surface area contributed by atoms with E-state index < -0.39 is 44.3 Å². The normalized spacial score (nSPS) is 14.5. The number of hydrogen-bond donors (Lipinski definition) is 1. The molecule has 0 radical (unpaired) electrons. The van der Waals surface area contributed by atoms with Gasteiger partial charge in [0.15, 0.2) is 14.7 Å². The van der Waals surface area contributed by atoms with Gasteiger partial charge in [0.05, 0.1) is 10.9 Å². The van der Waals surface area contributed by atoms with E-state index in [2.05, 4.69) is 4.74 Å². The van der Waals surface area contributed by atoms with Crippen molar-refractivity contribution in [1.82, 2.24) is 0 Å². The minimum absolute atomic E-state index is 0.634. The van der Waals surface area contributed by atoms with Crippen LogP contribution in [0.2, 0.25) is 0 Å². The Morgan fingerprint density at radius 2 is 1.24 bits per heavy atom. The van der Waals surface area contributed by atoms with Gasteiger partial charge in [0.2, 0.25) is 0 Å². The van der Waals surface area contributed by atoms with Crippen LogP contribution in [-0.4, -0.2) is 30.5 Å². The second-order valence-electron chi connectivity index (χ2n) is 6.98. The number of ether oxygens (including phenoxy) is 1. The summed E-state index contributed by atoms with van der Waals surface area (Å²) in [5.41, 5.74) is 1.04. The smallest absolute Gasteiger partial charge is 0.432 e. The Balaban J connectivity index is 1.97. The van der Waals surface area contributed by atoms with Gasteiger partial charge in [0.25, 0.3) is 6.10 Å². The van der Waals surface area contributed by atoms with Crippen molar-refractivity contribution in [3.05, 3.63) is 84.4 Å². The van der Waals surface area contributed by atoms with Crippen molar-refractivity contribution in [2.45, 2.75) is 39.1 Å². The van der Waals surface area contributed by atoms with Crippen LogP contribution in [0.4, 0.5) is 22.0 Å². The SMILES string of the molecule is Cc1ccc([S+](c2ccccc2)c2ccc(OC(C(F)(F)F)C(F)(F)S(=O)(=O)O)cc2)cc1. The van der Waals surface area contributed by atoms with Crippen LogP contribution in [0, 0.1) is 6.92 Å². The molecule has 0 aliphatic heterocycles. The van der Waals surface area contributed by atoms with E-state index >= 15 is 0 Å². The molecule has 3 rings (SSSR count). The van der Waals surface area contributed by atoms with Crippen LogP contribution < -0.4 is 4.74 Å². The molecule has 0 saturated heterocycles. The fourth-order valence-electron chi connectivity index (χ4n) is 2.89. The summed E-state index contributed by atoms with van der Waals surface area (Å²) in [5.74, 6) is -0.634. The van der Waals surface area contributed by atoms with Crippen LogP contribution in [0.1, 0.15) is 5.56 Å². The molecule has 3 aromatic rings. The number of hydrogen-bond acceptors (Lipinski definition) is 3. The van der Waals surface area contributed by atoms with Gasteiger partial charge < -0.3 is 4.74 Å². The molecule has 11 heteroatoms. The fourth-order valence-corrected chi connectivity index (χ4v) is 5.41. The first-order valence-corrected chi connectivity index (χ1v) is 12.0. The van der Waals surface area contributed by atoms with E-state index in [1.807, 2.05) is 61.5 Å². The molecule has 0 saturated carbocycles. The molecule has 176 valence electrons. The topological polar surface area (TPSA) is 63.6 Å². The Kier molecular flexibility index (Phi) is 7.06. The third kappa shape index (κ3) is 5.66. The van der Waals surface area contributed by atoms with Crippen molar-refractivity contribution < 1.29 is 39.7 Å². The first kappa shape index (κ1) is 25.0. The van der Waals surface area contributed by atoms with Gasteiger partial charge in [0.1, 0.15) is 5.75 Å². The van der Waals surface area contributed by atoms with Gasteiger partial charge in [-0.25, -0.2) is 0 Å². The summed E-state index contributed by atoms with van der Waals surface area (Å²) in [6.07, 6.45) is -9.86. The first-order chi connectivity index (χ1) is 15.3. The van der Waals surface area contributed by atoms with Crippen LogP contribution in [-0.2, 0) is 21.0 Å². The first-order valence-electron chi connectivity index (χ1n) is 9.35. The highest BCUT2D eigenvalue weighted by Crippen LogP contribution is 2.39. The van der Waals surface area contributed by atoms with Gasteiger partial charge in [0, 0.05) is 0 Å². The van der Waals surface area contributed by atoms with E-state index in [9.17, 15) is 30.4 Å². The summed E-state index contributed by atoms with van der Waals surface area (Å²) in [6, 6.07) is 21.9. The quantitative estimate of drug-likeness (QED) is 0.248. The van der Waals surface area contributed by atoms with Crippen LogP contribution in [0.15, 0.2) is 93.5 Å². The summed E-state index contributed by atoms with van der Waals surface area (Å²) in [4.78, 5) is 2.51. The molecule has 3 aromatic carbocycles. The summed E-state index contributed by atoms with van der Waals surface area (Å²) >= 11 is 0. The third-order valence-corrected chi connectivity index (χ3v) is 7.63. The highest BCUT2D eigenvalue weighted by atomic mass is 32.2. The largest absolute Gasteiger partial charge is 0.473 e. The molecule has 1 N–H and O–H groups in total. The van der Waals surface area contributed by atoms with Crippen molar-refractivity contribution in [2.75, 3.05) is 0 Å². The molecule has 33 heavy (non-hydrogen) atoms. The number of aryl methyl sites for hydroxylation is 1. The number of halogens is 5. The summed E-state index contributed by atoms with van der Waals surface area (Å²) in [5, 5.41) is -5.60. The molecule has 0 aromatic heterocycles. The molecule has 2 atom stereocenters. The van der Waals surface area contributed by atoms with Gasteiger partial charge in [-0.3, -0.25) is 4.55 Å². The maximum absolute atomic E-state index is 13.8. The summed E-state index contributed by atoms with van der Waals surface area (Å²) < 4.78 is 102. The number of rotatable bonds is 7. The molecule has 0 aliphatic rings. The lowest BCUT2D eigenvalue weighted by atomic mass is 10.2. The second-order valence-corrected chi connectivity index (χ2v) is 10.5. The second kappa shape index (κ2) is 9.32. The van der Waals surface area contributed by atoms with Crippen LogP contribution in [0.5, 0.6) is 5.75 Å². The van der Waals surface area contributed by atoms with Crippen molar-refractivity contribution >= 4 is 21.0 Å². The molecule has 2 unspecified atom stereocenters. The predicted molar refractivity (Wildman–Crippen MR) is 113 cm³/mol. The molecule has 4 nitrogen and oxygen atoms in total. The summed E-state index contributed by atoms with van der Waals surface area (Å²) in [6.45, 7) is 1.93. The van der Waals surface area contributed by atoms with Gasteiger partial charge in [-0.05, 0) is 55.5 Å². The van der Waals surface area contributed by atoms with Crippen molar-refractivity contribution in [1.29, 1.82) is 0 Å². The summed E-state index contributed by atoms with van der Waals surface area (Å²) in [7, 11) is -7.03. The molecule has 0 bridgehead atoms. The molecular weight excluding hydrogens is 487 g/mol. The average Bonchev–Trinajstić information content (AvgIpc) is 2.73. The van der Waals surface area contributed by atoms with Crippen molar-refractivity contribution in [3.8, 4) is 5.75 Å². The zero-order chi connectivity index (χ0) is 24.4. The standard InChI is InChI=1S/C22H17F5O4S2/c1-15-7-11-18(12-8-15)32(17-5-3-2-4-6-17)19-13-9-16(10-14-19)31-20(21(23,24)25)22(26,27)33(28,29)30/h2-14,20H,1H3/p+1. The van der Waals surface area contributed by atoms with E-state index in [-0.39, 0.29) is 0 Å². The zero-order valence-corrected chi connectivity index (χ0v) is 18.6. The minimum Gasteiger partial charge on any atom is -0.473 e. The van der Waals surface area contributed by atoms with E-state index in [0.717, 1.165) is 27.5 Å². The molecular formula is C22H18F5O4S2+. The highest BCUT2D eigenvalue weighted by Gasteiger charge is 2.65. The number of alkyl halides is 5. The minimum atomic E-state index is -6.38. The lowest BCUT2D eigenvalue weighted by molar-refractivity contribution is -0.239. The predicted octanol–water partition coefficient (Wildman–Crippen LogP) is 5.88. The van der Waals surface area contributed by atoms with Crippen molar-refractivity contribution in [3.63, 3.8) is 0 Å². The van der Waals surface area contributed by atoms with Gasteiger partial charge in [-0.15, -0.1) is 0 Å². The Labute approximate surface area is 190 Å². The average molecular weight is 506 g/mol. The molecule has 0 heterocycles. The van der Waals surface area contributed by atoms with Gasteiger partial charge in [-0.1, -0.05) is 35.9 Å². The lowest BCUT2D eigenvalue weighted by Gasteiger charge is -2.26. The van der Waals surface area contributed by atoms with E-state index in [0.29, 0.717) is 4.90 Å². The van der Waals surface area contributed by atoms with Gasteiger partial charge >= 0.3 is 21.5 Å². The maximum Gasteiger partial charge on any atom is 0.432 e.